The van der Waals surface area contributed by atoms with Gasteiger partial charge in [-0.1, -0.05) is 32.1 Å². The van der Waals surface area contributed by atoms with Gasteiger partial charge in [0, 0.05) is 44.0 Å². The summed E-state index contributed by atoms with van der Waals surface area (Å²) in [6.45, 7) is 6.45. The van der Waals surface area contributed by atoms with Crippen LogP contribution in [0.5, 0.6) is 0 Å². The summed E-state index contributed by atoms with van der Waals surface area (Å²) >= 11 is 0. The molecule has 0 radical (unpaired) electrons. The number of carbonyl (C=O) groups excluding carboxylic acids is 1. The van der Waals surface area contributed by atoms with Crippen molar-refractivity contribution in [2.45, 2.75) is 64.8 Å². The van der Waals surface area contributed by atoms with Crippen LogP contribution in [-0.2, 0) is 0 Å². The molecule has 1 aromatic rings. The van der Waals surface area contributed by atoms with E-state index in [9.17, 15) is 4.79 Å². The molecule has 1 aromatic heterocycles. The molecule has 2 N–H and O–H groups in total. The van der Waals surface area contributed by atoms with E-state index in [4.69, 9.17) is 5.73 Å². The zero-order chi connectivity index (χ0) is 18.7. The quantitative estimate of drug-likeness (QED) is 0.875. The molecule has 144 valence electrons. The summed E-state index contributed by atoms with van der Waals surface area (Å²) in [6.07, 6.45) is 8.70. The molecule has 0 unspecified atom stereocenters. The fourth-order valence-electron chi connectivity index (χ4n) is 4.12. The number of anilines is 1. The topological polar surface area (TPSA) is 75.4 Å². The van der Waals surface area contributed by atoms with E-state index < -0.39 is 0 Å². The fraction of sp³-hybridized carbons (Fsp3) is 0.750. The largest absolute Gasteiger partial charge is 0.355 e. The summed E-state index contributed by atoms with van der Waals surface area (Å²) in [6, 6.07) is 0.182. The first-order valence-electron chi connectivity index (χ1n) is 10.1. The van der Waals surface area contributed by atoms with E-state index in [1.54, 1.807) is 4.90 Å². The van der Waals surface area contributed by atoms with E-state index in [2.05, 4.69) is 14.9 Å². The van der Waals surface area contributed by atoms with Gasteiger partial charge in [-0.15, -0.1) is 0 Å². The summed E-state index contributed by atoms with van der Waals surface area (Å²) in [7, 11) is 1.87. The molecule has 2 aliphatic rings. The van der Waals surface area contributed by atoms with Gasteiger partial charge < -0.3 is 15.5 Å². The third-order valence-corrected chi connectivity index (χ3v) is 6.02. The van der Waals surface area contributed by atoms with E-state index >= 15 is 0 Å². The van der Waals surface area contributed by atoms with Crippen LogP contribution in [0.15, 0.2) is 0 Å². The highest BCUT2D eigenvalue weighted by atomic mass is 16.2. The highest BCUT2D eigenvalue weighted by Crippen LogP contribution is 2.27. The molecule has 6 nitrogen and oxygen atoms in total. The Balaban J connectivity index is 1.68. The smallest absolute Gasteiger partial charge is 0.291 e. The van der Waals surface area contributed by atoms with E-state index in [0.717, 1.165) is 55.5 Å². The van der Waals surface area contributed by atoms with E-state index in [-0.39, 0.29) is 11.9 Å². The lowest BCUT2D eigenvalue weighted by molar-refractivity contribution is 0.0771. The molecule has 1 saturated carbocycles. The summed E-state index contributed by atoms with van der Waals surface area (Å²) < 4.78 is 0. The minimum atomic E-state index is -0.0753. The lowest BCUT2D eigenvalue weighted by atomic mass is 9.87. The van der Waals surface area contributed by atoms with E-state index in [0.29, 0.717) is 5.82 Å². The summed E-state index contributed by atoms with van der Waals surface area (Å²) in [5, 5.41) is 0. The molecule has 0 bridgehead atoms. The molecular weight excluding hydrogens is 326 g/mol. The van der Waals surface area contributed by atoms with Crippen molar-refractivity contribution < 1.29 is 4.79 Å². The Morgan fingerprint density at radius 3 is 2.58 bits per heavy atom. The maximum Gasteiger partial charge on any atom is 0.291 e. The lowest BCUT2D eigenvalue weighted by Crippen LogP contribution is -2.32. The molecular formula is C20H33N5O. The van der Waals surface area contributed by atoms with Gasteiger partial charge in [0.05, 0.1) is 0 Å². The van der Waals surface area contributed by atoms with Crippen molar-refractivity contribution >= 4 is 11.7 Å². The number of aromatic nitrogens is 2. The molecule has 26 heavy (non-hydrogen) atoms. The number of nitrogens with zero attached hydrogens (tertiary/aromatic N) is 4. The first kappa shape index (κ1) is 19.1. The molecule has 2 fully saturated rings. The minimum absolute atomic E-state index is 0.0753. The van der Waals surface area contributed by atoms with Crippen molar-refractivity contribution in [1.29, 1.82) is 0 Å². The minimum Gasteiger partial charge on any atom is -0.355 e. The van der Waals surface area contributed by atoms with Gasteiger partial charge >= 0.3 is 0 Å². The van der Waals surface area contributed by atoms with Gasteiger partial charge in [0.25, 0.3) is 5.91 Å². The number of rotatable bonds is 5. The molecule has 1 aliphatic carbocycles. The molecule has 1 aliphatic heterocycles. The van der Waals surface area contributed by atoms with Gasteiger partial charge in [-0.2, -0.15) is 0 Å². The van der Waals surface area contributed by atoms with Gasteiger partial charge in [0.1, 0.15) is 5.82 Å². The Kier molecular flexibility index (Phi) is 6.12. The molecule has 0 spiro atoms. The lowest BCUT2D eigenvalue weighted by Gasteiger charge is -2.25. The summed E-state index contributed by atoms with van der Waals surface area (Å²) in [5.74, 6) is 1.87. The molecule has 6 heteroatoms. The highest BCUT2D eigenvalue weighted by molar-refractivity contribution is 5.90. The Morgan fingerprint density at radius 1 is 1.19 bits per heavy atom. The second kappa shape index (κ2) is 8.33. The number of nitrogens with two attached hydrogens (primary N) is 1. The Hall–Kier alpha value is -1.69. The monoisotopic (exact) mass is 359 g/mol. The number of carbonyl (C=O) groups is 1. The van der Waals surface area contributed by atoms with Crippen LogP contribution in [-0.4, -0.2) is 53.5 Å². The van der Waals surface area contributed by atoms with Crippen molar-refractivity contribution in [3.05, 3.63) is 17.1 Å². The van der Waals surface area contributed by atoms with Gasteiger partial charge in [0.2, 0.25) is 5.82 Å². The van der Waals surface area contributed by atoms with Crippen molar-refractivity contribution in [3.63, 3.8) is 0 Å². The molecule has 3 rings (SSSR count). The van der Waals surface area contributed by atoms with Crippen molar-refractivity contribution in [3.8, 4) is 0 Å². The predicted molar refractivity (Wildman–Crippen MR) is 104 cm³/mol. The number of hydrogen-bond acceptors (Lipinski definition) is 5. The van der Waals surface area contributed by atoms with Crippen LogP contribution in [0.2, 0.25) is 0 Å². The van der Waals surface area contributed by atoms with Crippen LogP contribution >= 0.6 is 0 Å². The third-order valence-electron chi connectivity index (χ3n) is 6.02. The maximum absolute atomic E-state index is 12.9. The molecule has 1 atom stereocenters. The molecule has 1 saturated heterocycles. The third kappa shape index (κ3) is 4.34. The van der Waals surface area contributed by atoms with Crippen LogP contribution in [0.1, 0.15) is 66.8 Å². The Bertz CT molecular complexity index is 641. The SMILES string of the molecule is Cc1nc(C(=O)N(C)CCC2CCCCC2)nc(N2CC[C@@H](N)C2)c1C. The fourth-order valence-corrected chi connectivity index (χ4v) is 4.12. The summed E-state index contributed by atoms with van der Waals surface area (Å²) in [5.41, 5.74) is 7.96. The van der Waals surface area contributed by atoms with Gasteiger partial charge in [0.15, 0.2) is 0 Å². The second-order valence-corrected chi connectivity index (χ2v) is 8.10. The second-order valence-electron chi connectivity index (χ2n) is 8.10. The van der Waals surface area contributed by atoms with Crippen molar-refractivity contribution in [2.75, 3.05) is 31.6 Å². The normalized spacial score (nSPS) is 21.2. The zero-order valence-electron chi connectivity index (χ0n) is 16.5. The molecule has 0 aromatic carbocycles. The van der Waals surface area contributed by atoms with Gasteiger partial charge in [-0.05, 0) is 32.6 Å². The average Bonchev–Trinajstić information content (AvgIpc) is 3.08. The van der Waals surface area contributed by atoms with Gasteiger partial charge in [-0.25, -0.2) is 9.97 Å². The molecule has 2 heterocycles. The van der Waals surface area contributed by atoms with E-state index in [1.165, 1.54) is 32.1 Å². The van der Waals surface area contributed by atoms with Crippen molar-refractivity contribution in [1.82, 2.24) is 14.9 Å². The van der Waals surface area contributed by atoms with Crippen LogP contribution in [0.3, 0.4) is 0 Å². The van der Waals surface area contributed by atoms with Crippen LogP contribution in [0, 0.1) is 19.8 Å². The van der Waals surface area contributed by atoms with Crippen LogP contribution in [0.4, 0.5) is 5.82 Å². The Morgan fingerprint density at radius 2 is 1.92 bits per heavy atom. The standard InChI is InChI=1S/C20H33N5O/c1-14-15(2)22-18(23-19(14)25-12-10-17(21)13-25)20(26)24(3)11-9-16-7-5-4-6-8-16/h16-17H,4-13,21H2,1-3H3/t17-/m1/s1. The van der Waals surface area contributed by atoms with Crippen molar-refractivity contribution in [2.24, 2.45) is 11.7 Å². The Labute approximate surface area is 157 Å². The first-order chi connectivity index (χ1) is 12.5. The number of hydrogen-bond donors (Lipinski definition) is 1. The summed E-state index contributed by atoms with van der Waals surface area (Å²) in [4.78, 5) is 26.0. The maximum atomic E-state index is 12.9. The van der Waals surface area contributed by atoms with Crippen LogP contribution < -0.4 is 10.6 Å². The first-order valence-corrected chi connectivity index (χ1v) is 10.1. The highest BCUT2D eigenvalue weighted by Gasteiger charge is 2.25. The zero-order valence-corrected chi connectivity index (χ0v) is 16.5. The number of aryl methyl sites for hydroxylation is 1. The number of amides is 1. The van der Waals surface area contributed by atoms with E-state index in [1.807, 2.05) is 20.9 Å². The average molecular weight is 360 g/mol. The molecule has 1 amide bonds. The predicted octanol–water partition coefficient (Wildman–Crippen LogP) is 2.67. The van der Waals surface area contributed by atoms with Gasteiger partial charge in [-0.3, -0.25) is 4.79 Å². The van der Waals surface area contributed by atoms with Crippen LogP contribution in [0.25, 0.3) is 0 Å².